The first kappa shape index (κ1) is 17.8. The number of nitrogens with zero attached hydrogens (tertiary/aromatic N) is 2. The third-order valence-electron chi connectivity index (χ3n) is 2.56. The van der Waals surface area contributed by atoms with Gasteiger partial charge in [0.1, 0.15) is 10.0 Å². The molecule has 0 saturated heterocycles. The fourth-order valence-electron chi connectivity index (χ4n) is 1.95. The molecule has 0 aliphatic heterocycles. The van der Waals surface area contributed by atoms with Crippen molar-refractivity contribution in [3.63, 3.8) is 0 Å². The van der Waals surface area contributed by atoms with Gasteiger partial charge in [0.15, 0.2) is 0 Å². The first-order valence-corrected chi connectivity index (χ1v) is 9.29. The molecule has 0 N–H and O–H groups in total. The largest absolute Gasteiger partial charge is 0.353 e. The molecule has 0 amide bonds. The van der Waals surface area contributed by atoms with E-state index in [-0.39, 0.29) is 22.2 Å². The second-order valence-electron chi connectivity index (χ2n) is 4.77. The molecule has 0 aromatic carbocycles. The lowest BCUT2D eigenvalue weighted by atomic mass is 10.2. The van der Waals surface area contributed by atoms with Gasteiger partial charge in [-0.2, -0.15) is 8.42 Å². The van der Waals surface area contributed by atoms with Crippen LogP contribution in [0.2, 0.25) is 4.34 Å². The van der Waals surface area contributed by atoms with Crippen LogP contribution in [0.3, 0.4) is 0 Å². The van der Waals surface area contributed by atoms with Crippen molar-refractivity contribution in [3.05, 3.63) is 16.5 Å². The highest BCUT2D eigenvalue weighted by Crippen LogP contribution is 2.27. The minimum absolute atomic E-state index is 0.0364. The Bertz CT molecular complexity index is 572. The smallest absolute Gasteiger partial charge is 0.293 e. The van der Waals surface area contributed by atoms with E-state index in [0.717, 1.165) is 11.3 Å². The molecule has 1 aromatic rings. The molecule has 0 atom stereocenters. The van der Waals surface area contributed by atoms with Gasteiger partial charge in [-0.25, -0.2) is 0 Å². The van der Waals surface area contributed by atoms with Gasteiger partial charge >= 0.3 is 0 Å². The van der Waals surface area contributed by atoms with E-state index < -0.39 is 10.0 Å². The SMILES string of the molecule is CC(C)N(/C(CCl)=N/S(=O)(=O)c1ccc(Cl)s1)C(C)C. The molecule has 0 bridgehead atoms. The number of thiophene rings is 1. The van der Waals surface area contributed by atoms with Crippen molar-refractivity contribution in [2.24, 2.45) is 4.40 Å². The third kappa shape index (κ3) is 4.35. The lowest BCUT2D eigenvalue weighted by Crippen LogP contribution is -2.43. The summed E-state index contributed by atoms with van der Waals surface area (Å²) in [5, 5.41) is 0. The highest BCUT2D eigenvalue weighted by molar-refractivity contribution is 7.92. The van der Waals surface area contributed by atoms with Crippen LogP contribution in [-0.4, -0.2) is 37.1 Å². The molecule has 114 valence electrons. The molecule has 1 heterocycles. The topological polar surface area (TPSA) is 49.7 Å². The van der Waals surface area contributed by atoms with E-state index in [1.807, 2.05) is 32.6 Å². The van der Waals surface area contributed by atoms with Crippen LogP contribution in [0.25, 0.3) is 0 Å². The van der Waals surface area contributed by atoms with Crippen molar-refractivity contribution in [2.75, 3.05) is 5.88 Å². The Morgan fingerprint density at radius 3 is 2.20 bits per heavy atom. The van der Waals surface area contributed by atoms with E-state index in [0.29, 0.717) is 10.2 Å². The van der Waals surface area contributed by atoms with Crippen LogP contribution >= 0.6 is 34.5 Å². The summed E-state index contributed by atoms with van der Waals surface area (Å²) in [4.78, 5) is 1.89. The van der Waals surface area contributed by atoms with Crippen molar-refractivity contribution < 1.29 is 8.42 Å². The standard InChI is InChI=1S/C12H18Cl2N2O2S2/c1-8(2)16(9(3)4)11(7-13)15-20(17,18)12-6-5-10(14)19-12/h5-6,8-9H,7H2,1-4H3/b15-11+. The zero-order chi connectivity index (χ0) is 15.5. The van der Waals surface area contributed by atoms with Crippen molar-refractivity contribution in [2.45, 2.75) is 44.0 Å². The van der Waals surface area contributed by atoms with Gasteiger partial charge in [0, 0.05) is 12.1 Å². The highest BCUT2D eigenvalue weighted by Gasteiger charge is 2.22. The Balaban J connectivity index is 3.22. The summed E-state index contributed by atoms with van der Waals surface area (Å²) < 4.78 is 28.9. The molecule has 1 rings (SSSR count). The molecule has 0 aliphatic rings. The maximum atomic E-state index is 12.2. The van der Waals surface area contributed by atoms with Gasteiger partial charge in [-0.3, -0.25) is 0 Å². The van der Waals surface area contributed by atoms with Crippen LogP contribution in [0.1, 0.15) is 27.7 Å². The molecular formula is C12H18Cl2N2O2S2. The Morgan fingerprint density at radius 2 is 1.85 bits per heavy atom. The van der Waals surface area contributed by atoms with Crippen molar-refractivity contribution in [1.29, 1.82) is 0 Å². The maximum absolute atomic E-state index is 12.2. The monoisotopic (exact) mass is 356 g/mol. The van der Waals surface area contributed by atoms with Gasteiger partial charge in [0.2, 0.25) is 0 Å². The van der Waals surface area contributed by atoms with Gasteiger partial charge in [0.05, 0.1) is 10.2 Å². The number of hydrogen-bond acceptors (Lipinski definition) is 3. The summed E-state index contributed by atoms with van der Waals surface area (Å²) in [6, 6.07) is 3.20. The van der Waals surface area contributed by atoms with E-state index in [4.69, 9.17) is 23.2 Å². The van der Waals surface area contributed by atoms with E-state index in [9.17, 15) is 8.42 Å². The fraction of sp³-hybridized carbons (Fsp3) is 0.583. The van der Waals surface area contributed by atoms with Gasteiger partial charge < -0.3 is 4.90 Å². The van der Waals surface area contributed by atoms with Gasteiger partial charge in [-0.1, -0.05) is 11.6 Å². The molecule has 0 aliphatic carbocycles. The Hall–Kier alpha value is -0.300. The average molecular weight is 357 g/mol. The van der Waals surface area contributed by atoms with Gasteiger partial charge in [0.25, 0.3) is 10.0 Å². The minimum atomic E-state index is -3.77. The van der Waals surface area contributed by atoms with Gasteiger partial charge in [-0.05, 0) is 39.8 Å². The lowest BCUT2D eigenvalue weighted by molar-refractivity contribution is 0.291. The molecule has 0 radical (unpaired) electrons. The number of halogens is 2. The molecule has 0 spiro atoms. The zero-order valence-electron chi connectivity index (χ0n) is 11.8. The summed E-state index contributed by atoms with van der Waals surface area (Å²) in [6.45, 7) is 7.88. The highest BCUT2D eigenvalue weighted by atomic mass is 35.5. The number of amidine groups is 1. The van der Waals surface area contributed by atoms with E-state index in [1.54, 1.807) is 0 Å². The predicted octanol–water partition coefficient (Wildman–Crippen LogP) is 3.85. The summed E-state index contributed by atoms with van der Waals surface area (Å²) in [7, 11) is -3.77. The fourth-order valence-corrected chi connectivity index (χ4v) is 4.70. The van der Waals surface area contributed by atoms with Crippen LogP contribution < -0.4 is 0 Å². The van der Waals surface area contributed by atoms with Crippen molar-refractivity contribution >= 4 is 50.4 Å². The summed E-state index contributed by atoms with van der Waals surface area (Å²) in [5.41, 5.74) is 0. The minimum Gasteiger partial charge on any atom is -0.353 e. The number of sulfonamides is 1. The van der Waals surface area contributed by atoms with Crippen molar-refractivity contribution in [3.8, 4) is 0 Å². The molecule has 20 heavy (non-hydrogen) atoms. The molecular weight excluding hydrogens is 339 g/mol. The number of rotatable bonds is 5. The third-order valence-corrected chi connectivity index (χ3v) is 5.80. The predicted molar refractivity (Wildman–Crippen MR) is 86.8 cm³/mol. The van der Waals surface area contributed by atoms with Crippen LogP contribution in [0, 0.1) is 0 Å². The number of hydrogen-bond donors (Lipinski definition) is 0. The van der Waals surface area contributed by atoms with Crippen LogP contribution in [-0.2, 0) is 10.0 Å². The summed E-state index contributed by atoms with van der Waals surface area (Å²) in [6.07, 6.45) is 0. The van der Waals surface area contributed by atoms with E-state index in [2.05, 4.69) is 4.40 Å². The maximum Gasteiger partial charge on any atom is 0.293 e. The first-order chi connectivity index (χ1) is 9.19. The second-order valence-corrected chi connectivity index (χ2v) is 8.58. The summed E-state index contributed by atoms with van der Waals surface area (Å²) >= 11 is 12.6. The second kappa shape index (κ2) is 7.11. The Labute approximate surface area is 134 Å². The average Bonchev–Trinajstić information content (AvgIpc) is 2.74. The molecule has 0 unspecified atom stereocenters. The zero-order valence-corrected chi connectivity index (χ0v) is 14.9. The van der Waals surface area contributed by atoms with Gasteiger partial charge in [-0.15, -0.1) is 27.3 Å². The van der Waals surface area contributed by atoms with E-state index >= 15 is 0 Å². The van der Waals surface area contributed by atoms with Crippen molar-refractivity contribution in [1.82, 2.24) is 4.90 Å². The normalized spacial score (nSPS) is 13.3. The number of alkyl halides is 1. The molecule has 0 saturated carbocycles. The molecule has 4 nitrogen and oxygen atoms in total. The van der Waals surface area contributed by atoms with Crippen LogP contribution in [0.5, 0.6) is 0 Å². The quantitative estimate of drug-likeness (QED) is 0.457. The Kier molecular flexibility index (Phi) is 6.31. The summed E-state index contributed by atoms with van der Waals surface area (Å²) in [5.74, 6) is 0.385. The van der Waals surface area contributed by atoms with Crippen LogP contribution in [0.4, 0.5) is 0 Å². The lowest BCUT2D eigenvalue weighted by Gasteiger charge is -2.32. The molecule has 0 fully saturated rings. The van der Waals surface area contributed by atoms with Crippen LogP contribution in [0.15, 0.2) is 20.7 Å². The Morgan fingerprint density at radius 1 is 1.30 bits per heavy atom. The molecule has 8 heteroatoms. The first-order valence-electron chi connectivity index (χ1n) is 6.12. The van der Waals surface area contributed by atoms with E-state index in [1.165, 1.54) is 12.1 Å². The molecule has 1 aromatic heterocycles.